The van der Waals surface area contributed by atoms with E-state index in [-0.39, 0.29) is 11.8 Å². The molecule has 6 heteroatoms. The molecule has 0 rings (SSSR count). The lowest BCUT2D eigenvalue weighted by atomic mass is 9.85. The Bertz CT molecular complexity index is 454. The van der Waals surface area contributed by atoms with Gasteiger partial charge in [-0.1, -0.05) is 38.2 Å². The van der Waals surface area contributed by atoms with E-state index < -0.39 is 22.9 Å². The van der Waals surface area contributed by atoms with E-state index in [1.807, 2.05) is 52.0 Å². The molecule has 0 aromatic heterocycles. The van der Waals surface area contributed by atoms with Crippen LogP contribution in [0.2, 0.25) is 0 Å². The van der Waals surface area contributed by atoms with Gasteiger partial charge in [-0.15, -0.1) is 0 Å². The molecule has 0 saturated carbocycles. The van der Waals surface area contributed by atoms with Gasteiger partial charge in [0.15, 0.2) is 11.1 Å². The first-order valence-electron chi connectivity index (χ1n) is 7.35. The lowest BCUT2D eigenvalue weighted by Gasteiger charge is -2.29. The highest BCUT2D eigenvalue weighted by atomic mass is 16.2. The van der Waals surface area contributed by atoms with Crippen molar-refractivity contribution < 1.29 is 9.59 Å². The van der Waals surface area contributed by atoms with Crippen molar-refractivity contribution in [3.05, 3.63) is 24.3 Å². The van der Waals surface area contributed by atoms with Crippen LogP contribution < -0.4 is 11.5 Å². The van der Waals surface area contributed by atoms with Gasteiger partial charge in [0.1, 0.15) is 0 Å². The molecule has 0 spiro atoms. The van der Waals surface area contributed by atoms with E-state index in [0.717, 1.165) is 0 Å². The van der Waals surface area contributed by atoms with Crippen LogP contribution in [-0.4, -0.2) is 22.9 Å². The van der Waals surface area contributed by atoms with Crippen molar-refractivity contribution in [1.29, 1.82) is 0 Å². The Balaban J connectivity index is 5.81. The van der Waals surface area contributed by atoms with Crippen molar-refractivity contribution in [2.24, 2.45) is 33.5 Å². The second-order valence-electron chi connectivity index (χ2n) is 5.85. The maximum atomic E-state index is 11.8. The van der Waals surface area contributed by atoms with Crippen LogP contribution in [0.3, 0.4) is 0 Å². The number of carbonyl (C=O) groups excluding carboxylic acids is 2. The fourth-order valence-electron chi connectivity index (χ4n) is 1.89. The van der Waals surface area contributed by atoms with E-state index in [0.29, 0.717) is 0 Å². The minimum absolute atomic E-state index is 0.257. The molecule has 22 heavy (non-hydrogen) atoms. The van der Waals surface area contributed by atoms with Gasteiger partial charge >= 0.3 is 0 Å². The number of azo groups is 1. The molecule has 2 amide bonds. The number of amides is 2. The first-order chi connectivity index (χ1) is 10.1. The molecule has 0 aromatic rings. The third-order valence-corrected chi connectivity index (χ3v) is 4.20. The molecular formula is C16H28N4O2. The molecule has 4 atom stereocenters. The maximum absolute atomic E-state index is 11.8. The Morgan fingerprint density at radius 3 is 1.32 bits per heavy atom. The first-order valence-corrected chi connectivity index (χ1v) is 7.35. The second-order valence-corrected chi connectivity index (χ2v) is 5.85. The number of carbonyl (C=O) groups is 2. The normalized spacial score (nSPS) is 20.8. The molecular weight excluding hydrogens is 280 g/mol. The lowest BCUT2D eigenvalue weighted by Crippen LogP contribution is -2.47. The van der Waals surface area contributed by atoms with E-state index in [1.54, 1.807) is 13.8 Å². The molecule has 0 aromatic carbocycles. The van der Waals surface area contributed by atoms with Gasteiger partial charge in [-0.2, -0.15) is 10.2 Å². The van der Waals surface area contributed by atoms with E-state index >= 15 is 0 Å². The Hall–Kier alpha value is -1.98. The van der Waals surface area contributed by atoms with E-state index in [2.05, 4.69) is 10.2 Å². The molecule has 4 N–H and O–H groups in total. The SMILES string of the molecule is CC=CC(C)C(C)(N=NC(C)(C(N)=O)C(C)C=CC)C(N)=O. The summed E-state index contributed by atoms with van der Waals surface area (Å²) in [5.41, 5.74) is 8.50. The Morgan fingerprint density at radius 1 is 0.864 bits per heavy atom. The zero-order chi connectivity index (χ0) is 17.6. The number of rotatable bonds is 8. The fraction of sp³-hybridized carbons (Fsp3) is 0.625. The average molecular weight is 308 g/mol. The zero-order valence-corrected chi connectivity index (χ0v) is 14.3. The van der Waals surface area contributed by atoms with Crippen LogP contribution in [0.25, 0.3) is 0 Å². The van der Waals surface area contributed by atoms with Crippen molar-refractivity contribution in [2.75, 3.05) is 0 Å². The predicted molar refractivity (Wildman–Crippen MR) is 88.0 cm³/mol. The number of hydrogen-bond acceptors (Lipinski definition) is 4. The molecule has 0 aliphatic rings. The highest BCUT2D eigenvalue weighted by Gasteiger charge is 2.40. The summed E-state index contributed by atoms with van der Waals surface area (Å²) < 4.78 is 0. The van der Waals surface area contributed by atoms with Gasteiger partial charge in [0.25, 0.3) is 0 Å². The van der Waals surface area contributed by atoms with Gasteiger partial charge in [-0.05, 0) is 27.7 Å². The molecule has 0 aliphatic carbocycles. The van der Waals surface area contributed by atoms with Crippen LogP contribution in [0.1, 0.15) is 41.5 Å². The maximum Gasteiger partial charge on any atom is 0.247 e. The van der Waals surface area contributed by atoms with Crippen molar-refractivity contribution in [2.45, 2.75) is 52.6 Å². The van der Waals surface area contributed by atoms with E-state index in [9.17, 15) is 9.59 Å². The Kier molecular flexibility index (Phi) is 7.16. The monoisotopic (exact) mass is 308 g/mol. The van der Waals surface area contributed by atoms with Crippen LogP contribution in [-0.2, 0) is 9.59 Å². The molecule has 0 aliphatic heterocycles. The second kappa shape index (κ2) is 7.87. The molecule has 6 nitrogen and oxygen atoms in total. The van der Waals surface area contributed by atoms with Gasteiger partial charge < -0.3 is 11.5 Å². The van der Waals surface area contributed by atoms with Gasteiger partial charge in [0, 0.05) is 11.8 Å². The number of nitrogens with zero attached hydrogens (tertiary/aromatic N) is 2. The molecule has 124 valence electrons. The molecule has 0 bridgehead atoms. The van der Waals surface area contributed by atoms with E-state index in [4.69, 9.17) is 11.5 Å². The first kappa shape index (κ1) is 20.0. The minimum atomic E-state index is -1.24. The smallest absolute Gasteiger partial charge is 0.247 e. The molecule has 0 saturated heterocycles. The van der Waals surface area contributed by atoms with Gasteiger partial charge in [-0.3, -0.25) is 9.59 Å². The Morgan fingerprint density at radius 2 is 1.14 bits per heavy atom. The standard InChI is InChI=1S/C16H28N4O2/c1-7-9-11(3)15(5,13(17)21)19-20-16(6,14(18)22)12(4)10-8-2/h7-12H,1-6H3,(H2,17,21)(H2,18,22). The lowest BCUT2D eigenvalue weighted by molar-refractivity contribution is -0.126. The number of primary amides is 2. The van der Waals surface area contributed by atoms with Crippen LogP contribution in [0, 0.1) is 11.8 Å². The van der Waals surface area contributed by atoms with E-state index in [1.165, 1.54) is 0 Å². The Labute approximate surface area is 132 Å². The molecule has 0 heterocycles. The van der Waals surface area contributed by atoms with Crippen LogP contribution in [0.15, 0.2) is 34.5 Å². The molecule has 0 radical (unpaired) electrons. The average Bonchev–Trinajstić information content (AvgIpc) is 2.44. The third kappa shape index (κ3) is 4.26. The van der Waals surface area contributed by atoms with Gasteiger partial charge in [-0.25, -0.2) is 0 Å². The molecule has 4 unspecified atom stereocenters. The third-order valence-electron chi connectivity index (χ3n) is 4.20. The topological polar surface area (TPSA) is 111 Å². The summed E-state index contributed by atoms with van der Waals surface area (Å²) in [6, 6.07) is 0. The number of allylic oxidation sites excluding steroid dienone is 2. The van der Waals surface area contributed by atoms with Crippen LogP contribution in [0.5, 0.6) is 0 Å². The largest absolute Gasteiger partial charge is 0.367 e. The fourth-order valence-corrected chi connectivity index (χ4v) is 1.89. The van der Waals surface area contributed by atoms with Crippen molar-refractivity contribution in [3.63, 3.8) is 0 Å². The summed E-state index contributed by atoms with van der Waals surface area (Å²) in [6.07, 6.45) is 7.27. The summed E-state index contributed by atoms with van der Waals surface area (Å²) in [5.74, 6) is -1.72. The van der Waals surface area contributed by atoms with Gasteiger partial charge in [0.05, 0.1) is 0 Å². The van der Waals surface area contributed by atoms with Crippen LogP contribution >= 0.6 is 0 Å². The predicted octanol–water partition coefficient (Wildman–Crippen LogP) is 2.35. The quantitative estimate of drug-likeness (QED) is 0.530. The highest BCUT2D eigenvalue weighted by molar-refractivity contribution is 5.86. The van der Waals surface area contributed by atoms with Crippen molar-refractivity contribution in [1.82, 2.24) is 0 Å². The summed E-state index contributed by atoms with van der Waals surface area (Å²) in [5, 5.41) is 8.27. The summed E-state index contributed by atoms with van der Waals surface area (Å²) in [7, 11) is 0. The zero-order valence-electron chi connectivity index (χ0n) is 14.3. The van der Waals surface area contributed by atoms with Crippen molar-refractivity contribution >= 4 is 11.8 Å². The van der Waals surface area contributed by atoms with Crippen molar-refractivity contribution in [3.8, 4) is 0 Å². The van der Waals surface area contributed by atoms with Crippen LogP contribution in [0.4, 0.5) is 0 Å². The number of nitrogens with two attached hydrogens (primary N) is 2. The highest BCUT2D eigenvalue weighted by Crippen LogP contribution is 2.29. The van der Waals surface area contributed by atoms with Gasteiger partial charge in [0.2, 0.25) is 11.8 Å². The summed E-state index contributed by atoms with van der Waals surface area (Å²) >= 11 is 0. The summed E-state index contributed by atoms with van der Waals surface area (Å²) in [4.78, 5) is 23.6. The summed E-state index contributed by atoms with van der Waals surface area (Å²) in [6.45, 7) is 10.5. The molecule has 0 fully saturated rings. The number of hydrogen-bond donors (Lipinski definition) is 2. The minimum Gasteiger partial charge on any atom is -0.367 e.